The van der Waals surface area contributed by atoms with E-state index in [0.717, 1.165) is 24.8 Å². The van der Waals surface area contributed by atoms with Crippen molar-refractivity contribution in [2.24, 2.45) is 0 Å². The van der Waals surface area contributed by atoms with Gasteiger partial charge in [-0.3, -0.25) is 9.69 Å². The van der Waals surface area contributed by atoms with E-state index in [-0.39, 0.29) is 12.0 Å². The molecule has 2 aromatic rings. The number of amides is 2. The molecule has 2 fully saturated rings. The average Bonchev–Trinajstić information content (AvgIpc) is 3.07. The van der Waals surface area contributed by atoms with Gasteiger partial charge in [-0.15, -0.1) is 0 Å². The number of nitrogens with one attached hydrogen (secondary N) is 1. The Kier molecular flexibility index (Phi) is 4.48. The smallest absolute Gasteiger partial charge is 0.414 e. The molecule has 6 nitrogen and oxygen atoms in total. The molecule has 2 amide bonds. The zero-order chi connectivity index (χ0) is 18.9. The fourth-order valence-corrected chi connectivity index (χ4v) is 3.78. The number of carbonyl (C=O) groups excluding carboxylic acids is 2. The summed E-state index contributed by atoms with van der Waals surface area (Å²) in [6, 6.07) is 15.2. The van der Waals surface area contributed by atoms with Crippen molar-refractivity contribution in [3.05, 3.63) is 54.1 Å². The molecule has 140 valence electrons. The summed E-state index contributed by atoms with van der Waals surface area (Å²) in [5, 5.41) is 3.03. The number of ether oxygens (including phenoxy) is 2. The summed E-state index contributed by atoms with van der Waals surface area (Å²) >= 11 is 0. The number of anilines is 2. The van der Waals surface area contributed by atoms with Crippen LogP contribution in [0.1, 0.15) is 24.8 Å². The van der Waals surface area contributed by atoms with E-state index in [4.69, 9.17) is 9.47 Å². The molecule has 0 atom stereocenters. The van der Waals surface area contributed by atoms with Crippen LogP contribution in [0, 0.1) is 0 Å². The van der Waals surface area contributed by atoms with Gasteiger partial charge in [-0.05, 0) is 30.5 Å². The van der Waals surface area contributed by atoms with E-state index in [1.807, 2.05) is 30.3 Å². The molecule has 0 aromatic heterocycles. The maximum Gasteiger partial charge on any atom is 0.414 e. The number of benzene rings is 2. The second-order valence-electron chi connectivity index (χ2n) is 6.91. The topological polar surface area (TPSA) is 67.9 Å². The quantitative estimate of drug-likeness (QED) is 0.876. The third-order valence-electron chi connectivity index (χ3n) is 5.46. The van der Waals surface area contributed by atoms with Crippen LogP contribution in [-0.2, 0) is 14.9 Å². The van der Waals surface area contributed by atoms with E-state index in [9.17, 15) is 9.59 Å². The largest absolute Gasteiger partial charge is 0.494 e. The molecule has 1 saturated heterocycles. The van der Waals surface area contributed by atoms with Crippen LogP contribution in [0.15, 0.2) is 48.5 Å². The minimum Gasteiger partial charge on any atom is -0.494 e. The maximum absolute atomic E-state index is 13.1. The van der Waals surface area contributed by atoms with Crippen LogP contribution in [-0.4, -0.2) is 32.3 Å². The van der Waals surface area contributed by atoms with Gasteiger partial charge in [-0.1, -0.05) is 36.8 Å². The fraction of sp³-hybridized carbons (Fsp3) is 0.333. The highest BCUT2D eigenvalue weighted by Gasteiger charge is 2.45. The van der Waals surface area contributed by atoms with E-state index in [1.54, 1.807) is 25.3 Å². The number of rotatable bonds is 5. The summed E-state index contributed by atoms with van der Waals surface area (Å²) in [6.07, 6.45) is 2.35. The van der Waals surface area contributed by atoms with Crippen LogP contribution in [0.3, 0.4) is 0 Å². The van der Waals surface area contributed by atoms with Crippen molar-refractivity contribution in [3.63, 3.8) is 0 Å². The first kappa shape index (κ1) is 17.4. The molecule has 6 heteroatoms. The maximum atomic E-state index is 13.1. The van der Waals surface area contributed by atoms with Gasteiger partial charge in [0.1, 0.15) is 12.4 Å². The average molecular weight is 366 g/mol. The summed E-state index contributed by atoms with van der Waals surface area (Å²) in [7, 11) is 1.54. The monoisotopic (exact) mass is 366 g/mol. The minimum atomic E-state index is -0.466. The van der Waals surface area contributed by atoms with Crippen molar-refractivity contribution in [1.82, 2.24) is 0 Å². The highest BCUT2D eigenvalue weighted by Crippen LogP contribution is 2.45. The van der Waals surface area contributed by atoms with Crippen LogP contribution >= 0.6 is 0 Å². The van der Waals surface area contributed by atoms with E-state index in [2.05, 4.69) is 5.32 Å². The summed E-state index contributed by atoms with van der Waals surface area (Å²) in [5.74, 6) is 0.518. The van der Waals surface area contributed by atoms with Gasteiger partial charge in [0, 0.05) is 11.8 Å². The molecule has 4 rings (SSSR count). The van der Waals surface area contributed by atoms with Gasteiger partial charge in [0.05, 0.1) is 24.8 Å². The zero-order valence-corrected chi connectivity index (χ0v) is 15.2. The van der Waals surface area contributed by atoms with Gasteiger partial charge in [0.2, 0.25) is 5.91 Å². The van der Waals surface area contributed by atoms with E-state index in [1.165, 1.54) is 4.90 Å². The molecule has 1 heterocycles. The Balaban J connectivity index is 1.57. The van der Waals surface area contributed by atoms with Crippen molar-refractivity contribution in [2.45, 2.75) is 24.7 Å². The molecule has 1 aliphatic heterocycles. The molecule has 0 spiro atoms. The predicted octanol–water partition coefficient (Wildman–Crippen LogP) is 3.71. The number of nitrogens with zero attached hydrogens (tertiary/aromatic N) is 1. The number of hydrogen-bond acceptors (Lipinski definition) is 4. The molecular weight excluding hydrogens is 344 g/mol. The number of cyclic esters (lactones) is 1. The summed E-state index contributed by atoms with van der Waals surface area (Å²) in [5.41, 5.74) is 1.87. The lowest BCUT2D eigenvalue weighted by Gasteiger charge is -2.40. The van der Waals surface area contributed by atoms with Crippen LogP contribution < -0.4 is 15.0 Å². The highest BCUT2D eigenvalue weighted by molar-refractivity contribution is 6.00. The molecule has 0 bridgehead atoms. The predicted molar refractivity (Wildman–Crippen MR) is 102 cm³/mol. The Labute approximate surface area is 158 Å². The standard InChI is InChI=1S/C21H22N2O4/c1-26-18-14-16(8-9-17(18)23-12-13-27-20(23)25)22-19(24)21(10-5-11-21)15-6-3-2-4-7-15/h2-4,6-9,14H,5,10-13H2,1H3,(H,22,24). The summed E-state index contributed by atoms with van der Waals surface area (Å²) < 4.78 is 10.4. The fourth-order valence-electron chi connectivity index (χ4n) is 3.78. The molecule has 2 aromatic carbocycles. The third-order valence-corrected chi connectivity index (χ3v) is 5.46. The molecule has 1 N–H and O–H groups in total. The first-order valence-corrected chi connectivity index (χ1v) is 9.13. The van der Waals surface area contributed by atoms with Crippen LogP contribution in [0.25, 0.3) is 0 Å². The van der Waals surface area contributed by atoms with Crippen molar-refractivity contribution < 1.29 is 19.1 Å². The lowest BCUT2D eigenvalue weighted by Crippen LogP contribution is -2.45. The second kappa shape index (κ2) is 6.95. The molecule has 1 saturated carbocycles. The molecule has 2 aliphatic rings. The van der Waals surface area contributed by atoms with Gasteiger partial charge < -0.3 is 14.8 Å². The molecule has 27 heavy (non-hydrogen) atoms. The van der Waals surface area contributed by atoms with Crippen LogP contribution in [0.4, 0.5) is 16.2 Å². The van der Waals surface area contributed by atoms with Crippen molar-refractivity contribution in [1.29, 1.82) is 0 Å². The van der Waals surface area contributed by atoms with Gasteiger partial charge in [-0.2, -0.15) is 0 Å². The number of methoxy groups -OCH3 is 1. The number of carbonyl (C=O) groups is 2. The Bertz CT molecular complexity index is 862. The van der Waals surface area contributed by atoms with Crippen molar-refractivity contribution >= 4 is 23.4 Å². The Morgan fingerprint density at radius 3 is 2.56 bits per heavy atom. The van der Waals surface area contributed by atoms with Gasteiger partial charge in [-0.25, -0.2) is 4.79 Å². The Hall–Kier alpha value is -3.02. The van der Waals surface area contributed by atoms with Crippen LogP contribution in [0.2, 0.25) is 0 Å². The lowest BCUT2D eigenvalue weighted by molar-refractivity contribution is -0.124. The van der Waals surface area contributed by atoms with E-state index < -0.39 is 5.41 Å². The highest BCUT2D eigenvalue weighted by atomic mass is 16.6. The lowest BCUT2D eigenvalue weighted by atomic mass is 9.64. The number of hydrogen-bond donors (Lipinski definition) is 1. The Morgan fingerprint density at radius 1 is 1.19 bits per heavy atom. The van der Waals surface area contributed by atoms with Crippen molar-refractivity contribution in [3.8, 4) is 5.75 Å². The summed E-state index contributed by atoms with van der Waals surface area (Å²) in [6.45, 7) is 0.845. The van der Waals surface area contributed by atoms with Gasteiger partial charge >= 0.3 is 6.09 Å². The summed E-state index contributed by atoms with van der Waals surface area (Å²) in [4.78, 5) is 26.4. The zero-order valence-electron chi connectivity index (χ0n) is 15.2. The van der Waals surface area contributed by atoms with Crippen LogP contribution in [0.5, 0.6) is 5.75 Å². The first-order valence-electron chi connectivity index (χ1n) is 9.13. The molecular formula is C21H22N2O4. The molecule has 1 aliphatic carbocycles. The third kappa shape index (κ3) is 3.01. The van der Waals surface area contributed by atoms with Gasteiger partial charge in [0.25, 0.3) is 0 Å². The molecule has 0 unspecified atom stereocenters. The Morgan fingerprint density at radius 2 is 1.96 bits per heavy atom. The van der Waals surface area contributed by atoms with E-state index >= 15 is 0 Å². The second-order valence-corrected chi connectivity index (χ2v) is 6.91. The molecule has 0 radical (unpaired) electrons. The van der Waals surface area contributed by atoms with E-state index in [0.29, 0.717) is 30.3 Å². The normalized spacial score (nSPS) is 17.8. The SMILES string of the molecule is COc1cc(NC(=O)C2(c3ccccc3)CCC2)ccc1N1CCOC1=O. The first-order chi connectivity index (χ1) is 13.1. The van der Waals surface area contributed by atoms with Gasteiger partial charge in [0.15, 0.2) is 0 Å². The minimum absolute atomic E-state index is 0.00432. The van der Waals surface area contributed by atoms with Crippen molar-refractivity contribution in [2.75, 3.05) is 30.5 Å².